The van der Waals surface area contributed by atoms with E-state index in [-0.39, 0.29) is 6.04 Å². The first-order valence-corrected chi connectivity index (χ1v) is 9.37. The molecular weight excluding hydrogens is 332 g/mol. The number of aryl methyl sites for hydroxylation is 4. The van der Waals surface area contributed by atoms with Gasteiger partial charge in [0.1, 0.15) is 0 Å². The second-order valence-electron chi connectivity index (χ2n) is 6.20. The molecule has 0 saturated carbocycles. The SMILES string of the molecule is CCCn1cc(-c2ccnc(N[C@H](C)c3nc(C)sc3C)n2)c(C)n1. The van der Waals surface area contributed by atoms with Crippen molar-refractivity contribution in [3.63, 3.8) is 0 Å². The highest BCUT2D eigenvalue weighted by Gasteiger charge is 2.15. The molecule has 0 aromatic carbocycles. The molecule has 0 fully saturated rings. The first-order chi connectivity index (χ1) is 12.0. The van der Waals surface area contributed by atoms with Crippen LogP contribution in [0.5, 0.6) is 0 Å². The number of aromatic nitrogens is 5. The molecule has 3 heterocycles. The second-order valence-corrected chi connectivity index (χ2v) is 7.60. The van der Waals surface area contributed by atoms with Crippen LogP contribution in [0.15, 0.2) is 18.5 Å². The molecule has 0 aliphatic rings. The van der Waals surface area contributed by atoms with Crippen molar-refractivity contribution in [1.29, 1.82) is 0 Å². The van der Waals surface area contributed by atoms with Gasteiger partial charge in [0.25, 0.3) is 0 Å². The smallest absolute Gasteiger partial charge is 0.223 e. The van der Waals surface area contributed by atoms with Crippen molar-refractivity contribution in [3.8, 4) is 11.3 Å². The van der Waals surface area contributed by atoms with Crippen molar-refractivity contribution in [2.24, 2.45) is 0 Å². The molecule has 0 unspecified atom stereocenters. The van der Waals surface area contributed by atoms with Crippen LogP contribution in [0.2, 0.25) is 0 Å². The molecule has 0 bridgehead atoms. The van der Waals surface area contributed by atoms with Crippen molar-refractivity contribution in [2.45, 2.75) is 53.6 Å². The fraction of sp³-hybridized carbons (Fsp3) is 0.444. The lowest BCUT2D eigenvalue weighted by Gasteiger charge is -2.13. The van der Waals surface area contributed by atoms with Crippen molar-refractivity contribution in [1.82, 2.24) is 24.7 Å². The average Bonchev–Trinajstić information content (AvgIpc) is 3.10. The van der Waals surface area contributed by atoms with Crippen LogP contribution in [0.4, 0.5) is 5.95 Å². The topological polar surface area (TPSA) is 68.5 Å². The van der Waals surface area contributed by atoms with Gasteiger partial charge in [-0.2, -0.15) is 5.10 Å². The van der Waals surface area contributed by atoms with E-state index in [0.717, 1.165) is 40.6 Å². The first kappa shape index (κ1) is 17.5. The van der Waals surface area contributed by atoms with Crippen LogP contribution >= 0.6 is 11.3 Å². The maximum absolute atomic E-state index is 4.68. The summed E-state index contributed by atoms with van der Waals surface area (Å²) in [5.41, 5.74) is 3.98. The Labute approximate surface area is 152 Å². The van der Waals surface area contributed by atoms with Crippen LogP contribution in [-0.2, 0) is 6.54 Å². The quantitative estimate of drug-likeness (QED) is 0.713. The molecule has 0 aliphatic carbocycles. The van der Waals surface area contributed by atoms with Gasteiger partial charge in [-0.05, 0) is 40.2 Å². The molecule has 3 aromatic heterocycles. The summed E-state index contributed by atoms with van der Waals surface area (Å²) in [6.07, 6.45) is 4.90. The van der Waals surface area contributed by atoms with E-state index in [2.05, 4.69) is 52.3 Å². The highest BCUT2D eigenvalue weighted by atomic mass is 32.1. The van der Waals surface area contributed by atoms with E-state index in [1.165, 1.54) is 4.88 Å². The van der Waals surface area contributed by atoms with Gasteiger partial charge in [0.2, 0.25) is 5.95 Å². The van der Waals surface area contributed by atoms with Crippen LogP contribution < -0.4 is 5.32 Å². The molecule has 1 N–H and O–H groups in total. The van der Waals surface area contributed by atoms with E-state index < -0.39 is 0 Å². The molecule has 3 rings (SSSR count). The zero-order valence-electron chi connectivity index (χ0n) is 15.4. The Balaban J connectivity index is 1.83. The van der Waals surface area contributed by atoms with Gasteiger partial charge >= 0.3 is 0 Å². The number of hydrogen-bond donors (Lipinski definition) is 1. The van der Waals surface area contributed by atoms with Gasteiger partial charge in [-0.25, -0.2) is 15.0 Å². The van der Waals surface area contributed by atoms with E-state index in [9.17, 15) is 0 Å². The third-order valence-corrected chi connectivity index (χ3v) is 4.93. The standard InChI is InChI=1S/C18H24N6S/c1-6-9-24-10-15(11(2)23-24)16-7-8-19-18(22-16)20-12(3)17-13(4)25-14(5)21-17/h7-8,10,12H,6,9H2,1-5H3,(H,19,20,22)/t12-/m1/s1. The summed E-state index contributed by atoms with van der Waals surface area (Å²) >= 11 is 1.71. The summed E-state index contributed by atoms with van der Waals surface area (Å²) in [5, 5.41) is 9.00. The Morgan fingerprint density at radius 3 is 2.72 bits per heavy atom. The molecular formula is C18H24N6S. The lowest BCUT2D eigenvalue weighted by molar-refractivity contribution is 0.598. The molecule has 1 atom stereocenters. The van der Waals surface area contributed by atoms with Gasteiger partial charge in [0.05, 0.1) is 28.1 Å². The highest BCUT2D eigenvalue weighted by Crippen LogP contribution is 2.26. The number of rotatable bonds is 6. The summed E-state index contributed by atoms with van der Waals surface area (Å²) in [6.45, 7) is 11.3. The molecule has 0 saturated heterocycles. The average molecular weight is 356 g/mol. The molecule has 25 heavy (non-hydrogen) atoms. The van der Waals surface area contributed by atoms with Crippen LogP contribution in [0, 0.1) is 20.8 Å². The molecule has 0 radical (unpaired) electrons. The number of hydrogen-bond acceptors (Lipinski definition) is 6. The minimum absolute atomic E-state index is 0.0594. The van der Waals surface area contributed by atoms with Gasteiger partial charge < -0.3 is 5.32 Å². The fourth-order valence-electron chi connectivity index (χ4n) is 2.90. The molecule has 0 amide bonds. The van der Waals surface area contributed by atoms with Crippen LogP contribution in [0.25, 0.3) is 11.3 Å². The van der Waals surface area contributed by atoms with Crippen molar-refractivity contribution < 1.29 is 0 Å². The van der Waals surface area contributed by atoms with Gasteiger partial charge in [-0.3, -0.25) is 4.68 Å². The zero-order valence-corrected chi connectivity index (χ0v) is 16.2. The van der Waals surface area contributed by atoms with Gasteiger partial charge in [-0.15, -0.1) is 11.3 Å². The molecule has 6 nitrogen and oxygen atoms in total. The number of nitrogens with zero attached hydrogens (tertiary/aromatic N) is 5. The number of thiazole rings is 1. The fourth-order valence-corrected chi connectivity index (χ4v) is 3.81. The molecule has 132 valence electrons. The van der Waals surface area contributed by atoms with E-state index in [1.54, 1.807) is 17.5 Å². The monoisotopic (exact) mass is 356 g/mol. The van der Waals surface area contributed by atoms with Crippen LogP contribution in [0.1, 0.15) is 47.6 Å². The zero-order chi connectivity index (χ0) is 18.0. The minimum atomic E-state index is 0.0594. The Kier molecular flexibility index (Phi) is 5.13. The second kappa shape index (κ2) is 7.31. The molecule has 0 spiro atoms. The Morgan fingerprint density at radius 1 is 1.24 bits per heavy atom. The van der Waals surface area contributed by atoms with Crippen molar-refractivity contribution >= 4 is 17.3 Å². The predicted octanol–water partition coefficient (Wildman–Crippen LogP) is 4.30. The highest BCUT2D eigenvalue weighted by molar-refractivity contribution is 7.11. The number of anilines is 1. The normalized spacial score (nSPS) is 12.4. The summed E-state index contributed by atoms with van der Waals surface area (Å²) < 4.78 is 1.98. The maximum atomic E-state index is 4.68. The van der Waals surface area contributed by atoms with Crippen LogP contribution in [-0.4, -0.2) is 24.7 Å². The molecule has 0 aliphatic heterocycles. The Bertz CT molecular complexity index is 866. The Morgan fingerprint density at radius 2 is 2.04 bits per heavy atom. The third-order valence-electron chi connectivity index (χ3n) is 4.03. The lowest BCUT2D eigenvalue weighted by atomic mass is 10.2. The Hall–Kier alpha value is -2.28. The van der Waals surface area contributed by atoms with Crippen molar-refractivity contribution in [2.75, 3.05) is 5.32 Å². The summed E-state index contributed by atoms with van der Waals surface area (Å²) in [6, 6.07) is 1.98. The van der Waals surface area contributed by atoms with Gasteiger partial charge in [-0.1, -0.05) is 6.92 Å². The first-order valence-electron chi connectivity index (χ1n) is 8.56. The van der Waals surface area contributed by atoms with Crippen LogP contribution in [0.3, 0.4) is 0 Å². The lowest BCUT2D eigenvalue weighted by Crippen LogP contribution is -2.11. The van der Waals surface area contributed by atoms with Crippen molar-refractivity contribution in [3.05, 3.63) is 39.7 Å². The predicted molar refractivity (Wildman–Crippen MR) is 102 cm³/mol. The third kappa shape index (κ3) is 3.87. The summed E-state index contributed by atoms with van der Waals surface area (Å²) in [7, 11) is 0. The largest absolute Gasteiger partial charge is 0.346 e. The molecule has 3 aromatic rings. The summed E-state index contributed by atoms with van der Waals surface area (Å²) in [4.78, 5) is 14.9. The molecule has 7 heteroatoms. The summed E-state index contributed by atoms with van der Waals surface area (Å²) in [5.74, 6) is 0.609. The van der Waals surface area contributed by atoms with E-state index >= 15 is 0 Å². The van der Waals surface area contributed by atoms with E-state index in [4.69, 9.17) is 0 Å². The van der Waals surface area contributed by atoms with Gasteiger partial charge in [0, 0.05) is 29.4 Å². The maximum Gasteiger partial charge on any atom is 0.223 e. The minimum Gasteiger partial charge on any atom is -0.346 e. The van der Waals surface area contributed by atoms with E-state index in [0.29, 0.717) is 5.95 Å². The number of nitrogens with one attached hydrogen (secondary N) is 1. The van der Waals surface area contributed by atoms with Gasteiger partial charge in [0.15, 0.2) is 0 Å². The van der Waals surface area contributed by atoms with E-state index in [1.807, 2.05) is 24.6 Å².